The lowest BCUT2D eigenvalue weighted by Gasteiger charge is -2.35. The van der Waals surface area contributed by atoms with Gasteiger partial charge in [-0.1, -0.05) is 13.8 Å². The summed E-state index contributed by atoms with van der Waals surface area (Å²) in [4.78, 5) is 3.97. The number of nitrogens with zero attached hydrogens (tertiary/aromatic N) is 3. The van der Waals surface area contributed by atoms with Gasteiger partial charge >= 0.3 is 0 Å². The number of aromatic nitrogens is 3. The van der Waals surface area contributed by atoms with Crippen LogP contribution < -0.4 is 5.32 Å². The number of aryl methyl sites for hydroxylation is 1. The van der Waals surface area contributed by atoms with Crippen molar-refractivity contribution in [3.63, 3.8) is 0 Å². The molecule has 2 rings (SSSR count). The van der Waals surface area contributed by atoms with Crippen molar-refractivity contribution < 1.29 is 0 Å². The van der Waals surface area contributed by atoms with E-state index in [-0.39, 0.29) is 0 Å². The normalized spacial score (nSPS) is 30.3. The molecule has 1 aliphatic rings. The fourth-order valence-corrected chi connectivity index (χ4v) is 3.04. The molecule has 1 aliphatic carbocycles. The Bertz CT molecular complexity index is 336. The van der Waals surface area contributed by atoms with Crippen molar-refractivity contribution in [2.24, 2.45) is 11.8 Å². The minimum absolute atomic E-state index is 0.551. The van der Waals surface area contributed by atoms with Crippen LogP contribution in [0.1, 0.15) is 46.5 Å². The van der Waals surface area contributed by atoms with E-state index in [1.165, 1.54) is 19.3 Å². The van der Waals surface area contributed by atoms with Crippen LogP contribution >= 0.6 is 0 Å². The Kier molecular flexibility index (Phi) is 4.75. The third-order valence-electron chi connectivity index (χ3n) is 4.19. The van der Waals surface area contributed by atoms with Gasteiger partial charge in [0.2, 0.25) is 0 Å². The molecule has 1 fully saturated rings. The Morgan fingerprint density at radius 3 is 2.89 bits per heavy atom. The van der Waals surface area contributed by atoms with Gasteiger partial charge in [-0.2, -0.15) is 5.10 Å². The van der Waals surface area contributed by atoms with Crippen molar-refractivity contribution in [1.82, 2.24) is 20.1 Å². The molecule has 0 saturated heterocycles. The number of nitrogens with one attached hydrogen (secondary N) is 1. The van der Waals surface area contributed by atoms with E-state index in [1.54, 1.807) is 12.7 Å². The van der Waals surface area contributed by atoms with Crippen LogP contribution in [0.5, 0.6) is 0 Å². The molecule has 0 unspecified atom stereocenters. The smallest absolute Gasteiger partial charge is 0.137 e. The predicted molar refractivity (Wildman–Crippen MR) is 73.2 cm³/mol. The minimum atomic E-state index is 0.551. The van der Waals surface area contributed by atoms with E-state index in [4.69, 9.17) is 0 Å². The summed E-state index contributed by atoms with van der Waals surface area (Å²) in [6.07, 6.45) is 8.57. The third-order valence-corrected chi connectivity index (χ3v) is 4.19. The fraction of sp³-hybridized carbons (Fsp3) is 0.857. The van der Waals surface area contributed by atoms with Gasteiger partial charge in [-0.05, 0) is 44.4 Å². The molecule has 0 aromatic carbocycles. The monoisotopic (exact) mass is 250 g/mol. The van der Waals surface area contributed by atoms with Gasteiger partial charge in [-0.15, -0.1) is 0 Å². The highest BCUT2D eigenvalue weighted by molar-refractivity contribution is 4.82. The Hall–Kier alpha value is -0.900. The molecule has 0 amide bonds. The zero-order valence-corrected chi connectivity index (χ0v) is 11.8. The van der Waals surface area contributed by atoms with E-state index in [2.05, 4.69) is 36.2 Å². The maximum atomic E-state index is 4.14. The molecule has 1 heterocycles. The molecule has 0 radical (unpaired) electrons. The molecule has 1 saturated carbocycles. The summed E-state index contributed by atoms with van der Waals surface area (Å²) < 4.78 is 1.91. The van der Waals surface area contributed by atoms with E-state index < -0.39 is 0 Å². The SMILES string of the molecule is C[C@@H]1CC[C@H](N[C@@H](C)CCn2cncn2)[C@H](C)C1. The summed E-state index contributed by atoms with van der Waals surface area (Å²) in [6.45, 7) is 7.99. The maximum absolute atomic E-state index is 4.14. The van der Waals surface area contributed by atoms with E-state index in [1.807, 2.05) is 4.68 Å². The Balaban J connectivity index is 1.72. The molecule has 4 heteroatoms. The second-order valence-corrected chi connectivity index (χ2v) is 6.02. The lowest BCUT2D eigenvalue weighted by atomic mass is 9.79. The van der Waals surface area contributed by atoms with Crippen LogP contribution in [-0.4, -0.2) is 26.8 Å². The Morgan fingerprint density at radius 1 is 1.39 bits per heavy atom. The van der Waals surface area contributed by atoms with Crippen molar-refractivity contribution in [3.8, 4) is 0 Å². The second kappa shape index (κ2) is 6.32. The topological polar surface area (TPSA) is 42.7 Å². The molecule has 0 bridgehead atoms. The molecular weight excluding hydrogens is 224 g/mol. The van der Waals surface area contributed by atoms with Gasteiger partial charge in [0.15, 0.2) is 0 Å². The predicted octanol–water partition coefficient (Wildman–Crippen LogP) is 2.47. The van der Waals surface area contributed by atoms with Gasteiger partial charge in [0.25, 0.3) is 0 Å². The van der Waals surface area contributed by atoms with E-state index >= 15 is 0 Å². The van der Waals surface area contributed by atoms with Gasteiger partial charge in [0, 0.05) is 18.6 Å². The number of hydrogen-bond donors (Lipinski definition) is 1. The summed E-state index contributed by atoms with van der Waals surface area (Å²) in [5.74, 6) is 1.71. The molecule has 4 nitrogen and oxygen atoms in total. The largest absolute Gasteiger partial charge is 0.311 e. The highest BCUT2D eigenvalue weighted by Crippen LogP contribution is 2.28. The van der Waals surface area contributed by atoms with Crippen molar-refractivity contribution in [3.05, 3.63) is 12.7 Å². The minimum Gasteiger partial charge on any atom is -0.311 e. The van der Waals surface area contributed by atoms with Crippen molar-refractivity contribution in [2.45, 2.75) is 65.1 Å². The van der Waals surface area contributed by atoms with Crippen LogP contribution in [0, 0.1) is 11.8 Å². The van der Waals surface area contributed by atoms with Crippen LogP contribution in [0.15, 0.2) is 12.7 Å². The van der Waals surface area contributed by atoms with Crippen LogP contribution in [-0.2, 0) is 6.54 Å². The van der Waals surface area contributed by atoms with Crippen LogP contribution in [0.3, 0.4) is 0 Å². The average molecular weight is 250 g/mol. The molecule has 102 valence electrons. The average Bonchev–Trinajstić information content (AvgIpc) is 2.83. The number of rotatable bonds is 5. The lowest BCUT2D eigenvalue weighted by Crippen LogP contribution is -2.43. The van der Waals surface area contributed by atoms with Crippen molar-refractivity contribution in [2.75, 3.05) is 0 Å². The highest BCUT2D eigenvalue weighted by atomic mass is 15.3. The molecule has 1 N–H and O–H groups in total. The first-order valence-electron chi connectivity index (χ1n) is 7.23. The number of hydrogen-bond acceptors (Lipinski definition) is 3. The van der Waals surface area contributed by atoms with Crippen molar-refractivity contribution in [1.29, 1.82) is 0 Å². The van der Waals surface area contributed by atoms with Crippen molar-refractivity contribution >= 4 is 0 Å². The summed E-state index contributed by atoms with van der Waals surface area (Å²) in [7, 11) is 0. The van der Waals surface area contributed by atoms with E-state index in [9.17, 15) is 0 Å². The zero-order valence-electron chi connectivity index (χ0n) is 11.8. The van der Waals surface area contributed by atoms with Gasteiger partial charge < -0.3 is 5.32 Å². The summed E-state index contributed by atoms with van der Waals surface area (Å²) in [6, 6.07) is 1.25. The quantitative estimate of drug-likeness (QED) is 0.873. The maximum Gasteiger partial charge on any atom is 0.137 e. The van der Waals surface area contributed by atoms with Gasteiger partial charge in [-0.25, -0.2) is 4.98 Å². The molecule has 0 spiro atoms. The Morgan fingerprint density at radius 2 is 2.22 bits per heavy atom. The first-order valence-corrected chi connectivity index (χ1v) is 7.23. The standard InChI is InChI=1S/C14H26N4/c1-11-4-5-14(12(2)8-11)17-13(3)6-7-18-10-15-9-16-18/h9-14,17H,4-8H2,1-3H3/t11-,12-,13+,14+/m1/s1. The summed E-state index contributed by atoms with van der Waals surface area (Å²) >= 11 is 0. The third kappa shape index (κ3) is 3.80. The lowest BCUT2D eigenvalue weighted by molar-refractivity contribution is 0.212. The summed E-state index contributed by atoms with van der Waals surface area (Å²) in [5, 5.41) is 7.93. The van der Waals surface area contributed by atoms with E-state index in [0.29, 0.717) is 12.1 Å². The van der Waals surface area contributed by atoms with Crippen LogP contribution in [0.4, 0.5) is 0 Å². The molecular formula is C14H26N4. The molecule has 4 atom stereocenters. The zero-order chi connectivity index (χ0) is 13.0. The highest BCUT2D eigenvalue weighted by Gasteiger charge is 2.25. The second-order valence-electron chi connectivity index (χ2n) is 6.02. The molecule has 0 aliphatic heterocycles. The Labute approximate surface area is 110 Å². The van der Waals surface area contributed by atoms with Gasteiger partial charge in [0.1, 0.15) is 12.7 Å². The molecule has 18 heavy (non-hydrogen) atoms. The first kappa shape index (κ1) is 13.5. The first-order chi connectivity index (χ1) is 8.65. The fourth-order valence-electron chi connectivity index (χ4n) is 3.04. The van der Waals surface area contributed by atoms with Gasteiger partial charge in [0.05, 0.1) is 0 Å². The van der Waals surface area contributed by atoms with Gasteiger partial charge in [-0.3, -0.25) is 4.68 Å². The van der Waals surface area contributed by atoms with E-state index in [0.717, 1.165) is 24.8 Å². The van der Waals surface area contributed by atoms with Crippen LogP contribution in [0.2, 0.25) is 0 Å². The summed E-state index contributed by atoms with van der Waals surface area (Å²) in [5.41, 5.74) is 0. The van der Waals surface area contributed by atoms with Crippen LogP contribution in [0.25, 0.3) is 0 Å². The molecule has 1 aromatic rings. The molecule has 1 aromatic heterocycles.